The van der Waals surface area contributed by atoms with E-state index in [0.29, 0.717) is 6.42 Å². The minimum atomic E-state index is -0.0269. The van der Waals surface area contributed by atoms with Crippen LogP contribution in [-0.4, -0.2) is 13.0 Å². The second-order valence-corrected chi connectivity index (χ2v) is 4.29. The molecule has 0 unspecified atom stereocenters. The molecule has 0 fully saturated rings. The van der Waals surface area contributed by atoms with Gasteiger partial charge in [-0.25, -0.2) is 0 Å². The first-order chi connectivity index (χ1) is 9.78. The zero-order chi connectivity index (χ0) is 14.2. The molecule has 0 aliphatic rings. The SMILES string of the molecule is COc1ccc(/C=C/CC(=O)Nc2ccccc2)cc1. The third-order valence-electron chi connectivity index (χ3n) is 2.79. The largest absolute Gasteiger partial charge is 0.497 e. The van der Waals surface area contributed by atoms with Crippen LogP contribution < -0.4 is 10.1 Å². The van der Waals surface area contributed by atoms with E-state index in [1.54, 1.807) is 7.11 Å². The smallest absolute Gasteiger partial charge is 0.228 e. The van der Waals surface area contributed by atoms with Crippen molar-refractivity contribution in [3.8, 4) is 5.75 Å². The zero-order valence-electron chi connectivity index (χ0n) is 11.4. The lowest BCUT2D eigenvalue weighted by Gasteiger charge is -2.02. The highest BCUT2D eigenvalue weighted by Crippen LogP contribution is 2.12. The summed E-state index contributed by atoms with van der Waals surface area (Å²) in [4.78, 5) is 11.7. The summed E-state index contributed by atoms with van der Waals surface area (Å²) in [6.07, 6.45) is 4.12. The van der Waals surface area contributed by atoms with Crippen LogP contribution >= 0.6 is 0 Å². The van der Waals surface area contributed by atoms with Crippen LogP contribution in [-0.2, 0) is 4.79 Å². The number of ether oxygens (including phenoxy) is 1. The molecule has 0 aromatic heterocycles. The molecule has 0 heterocycles. The molecule has 2 aromatic rings. The van der Waals surface area contributed by atoms with Crippen molar-refractivity contribution in [2.75, 3.05) is 12.4 Å². The molecule has 0 spiro atoms. The van der Waals surface area contributed by atoms with Crippen LogP contribution in [0.4, 0.5) is 5.69 Å². The van der Waals surface area contributed by atoms with Gasteiger partial charge in [0, 0.05) is 12.1 Å². The Hall–Kier alpha value is -2.55. The van der Waals surface area contributed by atoms with Crippen LogP contribution in [0, 0.1) is 0 Å². The lowest BCUT2D eigenvalue weighted by atomic mass is 10.2. The number of nitrogens with one attached hydrogen (secondary N) is 1. The normalized spacial score (nSPS) is 10.4. The van der Waals surface area contributed by atoms with Gasteiger partial charge in [0.25, 0.3) is 0 Å². The molecule has 3 nitrogen and oxygen atoms in total. The van der Waals surface area contributed by atoms with Crippen molar-refractivity contribution in [3.63, 3.8) is 0 Å². The Morgan fingerprint density at radius 2 is 1.80 bits per heavy atom. The average molecular weight is 267 g/mol. The van der Waals surface area contributed by atoms with Crippen LogP contribution in [0.2, 0.25) is 0 Å². The molecular formula is C17H17NO2. The van der Waals surface area contributed by atoms with E-state index in [-0.39, 0.29) is 5.91 Å². The monoisotopic (exact) mass is 267 g/mol. The van der Waals surface area contributed by atoms with Crippen molar-refractivity contribution >= 4 is 17.7 Å². The molecule has 2 rings (SSSR count). The van der Waals surface area contributed by atoms with Crippen molar-refractivity contribution in [1.29, 1.82) is 0 Å². The average Bonchev–Trinajstić information content (AvgIpc) is 2.49. The van der Waals surface area contributed by atoms with Gasteiger partial charge in [0.2, 0.25) is 5.91 Å². The summed E-state index contributed by atoms with van der Waals surface area (Å²) in [5.41, 5.74) is 1.86. The van der Waals surface area contributed by atoms with E-state index in [0.717, 1.165) is 17.0 Å². The molecule has 0 aliphatic heterocycles. The summed E-state index contributed by atoms with van der Waals surface area (Å²) in [5, 5.41) is 2.84. The Labute approximate surface area is 118 Å². The minimum Gasteiger partial charge on any atom is -0.497 e. The van der Waals surface area contributed by atoms with Crippen LogP contribution in [0.1, 0.15) is 12.0 Å². The summed E-state index contributed by atoms with van der Waals surface area (Å²) in [5.74, 6) is 0.796. The highest BCUT2D eigenvalue weighted by Gasteiger charge is 1.98. The molecule has 0 atom stereocenters. The van der Waals surface area contributed by atoms with Gasteiger partial charge in [-0.3, -0.25) is 4.79 Å². The third-order valence-corrected chi connectivity index (χ3v) is 2.79. The standard InChI is InChI=1S/C17H17NO2/c1-20-16-12-10-14(11-13-16)6-5-9-17(19)18-15-7-3-2-4-8-15/h2-8,10-13H,9H2,1H3,(H,18,19)/b6-5+. The van der Waals surface area contributed by atoms with E-state index < -0.39 is 0 Å². The maximum atomic E-state index is 11.7. The van der Waals surface area contributed by atoms with Crippen molar-refractivity contribution in [2.45, 2.75) is 6.42 Å². The molecule has 20 heavy (non-hydrogen) atoms. The maximum Gasteiger partial charge on any atom is 0.228 e. The Morgan fingerprint density at radius 3 is 2.45 bits per heavy atom. The van der Waals surface area contributed by atoms with Crippen molar-refractivity contribution in [2.24, 2.45) is 0 Å². The minimum absolute atomic E-state index is 0.0269. The van der Waals surface area contributed by atoms with Gasteiger partial charge >= 0.3 is 0 Å². The molecule has 1 N–H and O–H groups in total. The number of rotatable bonds is 5. The van der Waals surface area contributed by atoms with Crippen molar-refractivity contribution < 1.29 is 9.53 Å². The fourth-order valence-corrected chi connectivity index (χ4v) is 1.75. The van der Waals surface area contributed by atoms with E-state index in [1.807, 2.05) is 66.7 Å². The Bertz CT molecular complexity index is 574. The first-order valence-electron chi connectivity index (χ1n) is 6.43. The van der Waals surface area contributed by atoms with Crippen LogP contribution in [0.25, 0.3) is 6.08 Å². The second kappa shape index (κ2) is 7.14. The molecule has 102 valence electrons. The fraction of sp³-hybridized carbons (Fsp3) is 0.118. The number of amides is 1. The summed E-state index contributed by atoms with van der Waals surface area (Å²) in [6, 6.07) is 17.1. The number of carbonyl (C=O) groups excluding carboxylic acids is 1. The van der Waals surface area contributed by atoms with Crippen LogP contribution in [0.3, 0.4) is 0 Å². The summed E-state index contributed by atoms with van der Waals surface area (Å²) in [6.45, 7) is 0. The molecule has 0 radical (unpaired) electrons. The number of hydrogen-bond donors (Lipinski definition) is 1. The molecule has 0 saturated heterocycles. The first kappa shape index (κ1) is 13.9. The predicted molar refractivity (Wildman–Crippen MR) is 81.7 cm³/mol. The summed E-state index contributed by atoms with van der Waals surface area (Å²) >= 11 is 0. The van der Waals surface area contributed by atoms with E-state index in [4.69, 9.17) is 4.74 Å². The topological polar surface area (TPSA) is 38.3 Å². The number of methoxy groups -OCH3 is 1. The summed E-state index contributed by atoms with van der Waals surface area (Å²) in [7, 11) is 1.64. The lowest BCUT2D eigenvalue weighted by molar-refractivity contribution is -0.115. The molecular weight excluding hydrogens is 250 g/mol. The van der Waals surface area contributed by atoms with E-state index >= 15 is 0 Å². The van der Waals surface area contributed by atoms with Gasteiger partial charge < -0.3 is 10.1 Å². The molecule has 0 bridgehead atoms. The lowest BCUT2D eigenvalue weighted by Crippen LogP contribution is -2.09. The Kier molecular flexibility index (Phi) is 4.95. The van der Waals surface area contributed by atoms with Crippen LogP contribution in [0.5, 0.6) is 5.75 Å². The van der Waals surface area contributed by atoms with Gasteiger partial charge in [-0.1, -0.05) is 42.5 Å². The molecule has 0 aliphatic carbocycles. The quantitative estimate of drug-likeness (QED) is 0.896. The van der Waals surface area contributed by atoms with Gasteiger partial charge in [-0.15, -0.1) is 0 Å². The first-order valence-corrected chi connectivity index (χ1v) is 6.43. The van der Waals surface area contributed by atoms with Crippen LogP contribution in [0.15, 0.2) is 60.7 Å². The van der Waals surface area contributed by atoms with E-state index in [9.17, 15) is 4.79 Å². The number of carbonyl (C=O) groups is 1. The summed E-state index contributed by atoms with van der Waals surface area (Å²) < 4.78 is 5.09. The zero-order valence-corrected chi connectivity index (χ0v) is 11.4. The Morgan fingerprint density at radius 1 is 1.10 bits per heavy atom. The molecule has 0 saturated carbocycles. The molecule has 2 aromatic carbocycles. The highest BCUT2D eigenvalue weighted by molar-refractivity contribution is 5.92. The fourth-order valence-electron chi connectivity index (χ4n) is 1.75. The third kappa shape index (κ3) is 4.28. The molecule has 1 amide bonds. The van der Waals surface area contributed by atoms with Gasteiger partial charge in [0.05, 0.1) is 7.11 Å². The van der Waals surface area contributed by atoms with Crippen molar-refractivity contribution in [1.82, 2.24) is 0 Å². The molecule has 3 heteroatoms. The second-order valence-electron chi connectivity index (χ2n) is 4.29. The number of hydrogen-bond acceptors (Lipinski definition) is 2. The highest BCUT2D eigenvalue weighted by atomic mass is 16.5. The van der Waals surface area contributed by atoms with Gasteiger partial charge in [-0.2, -0.15) is 0 Å². The number of para-hydroxylation sites is 1. The van der Waals surface area contributed by atoms with Gasteiger partial charge in [0.1, 0.15) is 5.75 Å². The maximum absolute atomic E-state index is 11.7. The number of anilines is 1. The van der Waals surface area contributed by atoms with Gasteiger partial charge in [0.15, 0.2) is 0 Å². The predicted octanol–water partition coefficient (Wildman–Crippen LogP) is 3.74. The van der Waals surface area contributed by atoms with E-state index in [1.165, 1.54) is 0 Å². The van der Waals surface area contributed by atoms with Gasteiger partial charge in [-0.05, 0) is 29.8 Å². The number of benzene rings is 2. The Balaban J connectivity index is 1.84. The van der Waals surface area contributed by atoms with E-state index in [2.05, 4.69) is 5.32 Å². The van der Waals surface area contributed by atoms with Crippen molar-refractivity contribution in [3.05, 3.63) is 66.2 Å².